The van der Waals surface area contributed by atoms with Gasteiger partial charge in [-0.05, 0) is 23.8 Å². The monoisotopic (exact) mass is 444 g/mol. The molecule has 0 spiro atoms. The standard InChI is InChI=1S/C17H11F7O4S/c18-14(15(25)28-9-10-4-2-1-3-5-10)29(26,27)13-7-11(16(19,20)21)6-12(8-13)17(22,23)24/h1-8,14H,9H2. The van der Waals surface area contributed by atoms with Gasteiger partial charge in [-0.25, -0.2) is 17.6 Å². The maximum absolute atomic E-state index is 14.2. The van der Waals surface area contributed by atoms with E-state index in [9.17, 15) is 43.9 Å². The molecule has 0 aliphatic heterocycles. The zero-order chi connectivity index (χ0) is 22.0. The minimum absolute atomic E-state index is 0.179. The lowest BCUT2D eigenvalue weighted by Gasteiger charge is -2.15. The molecule has 0 saturated carbocycles. The van der Waals surface area contributed by atoms with Gasteiger partial charge in [0.05, 0.1) is 16.0 Å². The highest BCUT2D eigenvalue weighted by Gasteiger charge is 2.41. The van der Waals surface area contributed by atoms with Crippen molar-refractivity contribution in [3.8, 4) is 0 Å². The van der Waals surface area contributed by atoms with Crippen LogP contribution in [0.1, 0.15) is 16.7 Å². The van der Waals surface area contributed by atoms with Crippen molar-refractivity contribution in [3.63, 3.8) is 0 Å². The summed E-state index contributed by atoms with van der Waals surface area (Å²) in [6.07, 6.45) is -10.7. The van der Waals surface area contributed by atoms with Gasteiger partial charge < -0.3 is 4.74 Å². The molecule has 0 aromatic heterocycles. The molecule has 0 amide bonds. The maximum Gasteiger partial charge on any atom is 0.416 e. The van der Waals surface area contributed by atoms with Crippen LogP contribution in [0.15, 0.2) is 53.4 Å². The molecule has 0 bridgehead atoms. The van der Waals surface area contributed by atoms with Crippen LogP contribution in [0.4, 0.5) is 30.7 Å². The molecule has 29 heavy (non-hydrogen) atoms. The number of benzene rings is 2. The molecule has 2 aromatic carbocycles. The molecule has 2 rings (SSSR count). The van der Waals surface area contributed by atoms with Gasteiger partial charge in [0.2, 0.25) is 9.84 Å². The van der Waals surface area contributed by atoms with E-state index in [0.717, 1.165) is 0 Å². The van der Waals surface area contributed by atoms with Crippen LogP contribution in [0.2, 0.25) is 0 Å². The van der Waals surface area contributed by atoms with E-state index in [1.54, 1.807) is 6.07 Å². The number of carbonyl (C=O) groups is 1. The van der Waals surface area contributed by atoms with E-state index in [2.05, 4.69) is 4.74 Å². The fourth-order valence-corrected chi connectivity index (χ4v) is 3.27. The van der Waals surface area contributed by atoms with Crippen LogP contribution in [0.3, 0.4) is 0 Å². The van der Waals surface area contributed by atoms with Crippen molar-refractivity contribution >= 4 is 15.8 Å². The lowest BCUT2D eigenvalue weighted by Crippen LogP contribution is -2.28. The number of sulfone groups is 1. The average Bonchev–Trinajstić information content (AvgIpc) is 2.64. The summed E-state index contributed by atoms with van der Waals surface area (Å²) in [6, 6.07) is 6.92. The Labute approximate surface area is 159 Å². The molecular weight excluding hydrogens is 433 g/mol. The lowest BCUT2D eigenvalue weighted by atomic mass is 10.1. The van der Waals surface area contributed by atoms with E-state index in [4.69, 9.17) is 0 Å². The predicted molar refractivity (Wildman–Crippen MR) is 84.8 cm³/mol. The van der Waals surface area contributed by atoms with Crippen molar-refractivity contribution < 1.29 is 48.7 Å². The second kappa shape index (κ2) is 8.01. The average molecular weight is 444 g/mol. The minimum Gasteiger partial charge on any atom is -0.458 e. The summed E-state index contributed by atoms with van der Waals surface area (Å²) in [5.41, 5.74) is -7.09. The van der Waals surface area contributed by atoms with E-state index in [1.807, 2.05) is 0 Å². The third-order valence-corrected chi connectivity index (χ3v) is 5.20. The Morgan fingerprint density at radius 3 is 1.83 bits per heavy atom. The van der Waals surface area contributed by atoms with Crippen molar-refractivity contribution in [1.82, 2.24) is 0 Å². The zero-order valence-corrected chi connectivity index (χ0v) is 14.9. The summed E-state index contributed by atoms with van der Waals surface area (Å²) in [7, 11) is -5.55. The van der Waals surface area contributed by atoms with Crippen LogP contribution in [0.25, 0.3) is 0 Å². The van der Waals surface area contributed by atoms with Gasteiger partial charge in [-0.15, -0.1) is 0 Å². The van der Waals surface area contributed by atoms with Crippen molar-refractivity contribution in [1.29, 1.82) is 0 Å². The van der Waals surface area contributed by atoms with Gasteiger partial charge in [-0.1, -0.05) is 30.3 Å². The van der Waals surface area contributed by atoms with E-state index in [-0.39, 0.29) is 18.2 Å². The molecule has 1 atom stereocenters. The first kappa shape index (κ1) is 22.7. The van der Waals surface area contributed by atoms with Gasteiger partial charge in [0.25, 0.3) is 0 Å². The Hall–Kier alpha value is -2.63. The summed E-state index contributed by atoms with van der Waals surface area (Å²) in [5.74, 6) is -1.97. The smallest absolute Gasteiger partial charge is 0.416 e. The summed E-state index contributed by atoms with van der Waals surface area (Å²) >= 11 is 0. The molecule has 0 saturated heterocycles. The second-order valence-electron chi connectivity index (χ2n) is 5.70. The molecule has 4 nitrogen and oxygen atoms in total. The fraction of sp³-hybridized carbons (Fsp3) is 0.235. The number of rotatable bonds is 5. The number of esters is 1. The van der Waals surface area contributed by atoms with Crippen molar-refractivity contribution in [3.05, 3.63) is 65.2 Å². The van der Waals surface area contributed by atoms with Crippen LogP contribution >= 0.6 is 0 Å². The number of carbonyl (C=O) groups excluding carboxylic acids is 1. The number of hydrogen-bond donors (Lipinski definition) is 0. The highest BCUT2D eigenvalue weighted by atomic mass is 32.2. The molecule has 158 valence electrons. The Bertz CT molecular complexity index is 951. The molecule has 0 N–H and O–H groups in total. The fourth-order valence-electron chi connectivity index (χ4n) is 2.13. The van der Waals surface area contributed by atoms with Gasteiger partial charge in [0.15, 0.2) is 0 Å². The molecule has 0 heterocycles. The highest BCUT2D eigenvalue weighted by Crippen LogP contribution is 2.38. The molecule has 0 fully saturated rings. The molecule has 2 aromatic rings. The number of ether oxygens (including phenoxy) is 1. The zero-order valence-electron chi connectivity index (χ0n) is 14.1. The molecule has 0 aliphatic carbocycles. The minimum atomic E-state index is -5.55. The largest absolute Gasteiger partial charge is 0.458 e. The first-order valence-electron chi connectivity index (χ1n) is 7.61. The number of halogens is 7. The van der Waals surface area contributed by atoms with Gasteiger partial charge in [-0.2, -0.15) is 26.3 Å². The summed E-state index contributed by atoms with van der Waals surface area (Å²) < 4.78 is 120. The Morgan fingerprint density at radius 1 is 0.897 bits per heavy atom. The summed E-state index contributed by atoms with van der Waals surface area (Å²) in [5, 5.41) is 0. The number of hydrogen-bond acceptors (Lipinski definition) is 4. The SMILES string of the molecule is O=C(OCc1ccccc1)C(F)S(=O)(=O)c1cc(C(F)(F)F)cc(C(F)(F)F)c1. The first-order chi connectivity index (χ1) is 13.2. The maximum atomic E-state index is 14.2. The van der Waals surface area contributed by atoms with E-state index < -0.39 is 56.3 Å². The van der Waals surface area contributed by atoms with E-state index >= 15 is 0 Å². The Kier molecular flexibility index (Phi) is 6.26. The van der Waals surface area contributed by atoms with Crippen molar-refractivity contribution in [2.24, 2.45) is 0 Å². The van der Waals surface area contributed by atoms with Crippen LogP contribution in [0, 0.1) is 0 Å². The normalized spacial score (nSPS) is 13.8. The third kappa shape index (κ3) is 5.46. The molecule has 1 unspecified atom stereocenters. The van der Waals surface area contributed by atoms with Gasteiger partial charge in [-0.3, -0.25) is 0 Å². The molecule has 12 heteroatoms. The Morgan fingerprint density at radius 2 is 1.38 bits per heavy atom. The van der Waals surface area contributed by atoms with Crippen LogP contribution in [0.5, 0.6) is 0 Å². The van der Waals surface area contributed by atoms with Crippen molar-refractivity contribution in [2.45, 2.75) is 29.4 Å². The lowest BCUT2D eigenvalue weighted by molar-refractivity contribution is -0.147. The van der Waals surface area contributed by atoms with Crippen LogP contribution in [-0.4, -0.2) is 19.9 Å². The van der Waals surface area contributed by atoms with Crippen molar-refractivity contribution in [2.75, 3.05) is 0 Å². The quantitative estimate of drug-likeness (QED) is 0.502. The van der Waals surface area contributed by atoms with E-state index in [1.165, 1.54) is 24.3 Å². The van der Waals surface area contributed by atoms with Gasteiger partial charge in [0.1, 0.15) is 6.61 Å². The highest BCUT2D eigenvalue weighted by molar-refractivity contribution is 7.92. The Balaban J connectivity index is 2.36. The summed E-state index contributed by atoms with van der Waals surface area (Å²) in [6.45, 7) is -0.550. The first-order valence-corrected chi connectivity index (χ1v) is 9.15. The summed E-state index contributed by atoms with van der Waals surface area (Å²) in [4.78, 5) is 10.0. The van der Waals surface area contributed by atoms with Gasteiger partial charge in [0, 0.05) is 0 Å². The van der Waals surface area contributed by atoms with Gasteiger partial charge >= 0.3 is 23.8 Å². The predicted octanol–water partition coefficient (Wildman–Crippen LogP) is 4.54. The topological polar surface area (TPSA) is 60.4 Å². The molecule has 0 aliphatic rings. The van der Waals surface area contributed by atoms with Crippen LogP contribution < -0.4 is 0 Å². The molecule has 0 radical (unpaired) electrons. The molecular formula is C17H11F7O4S. The second-order valence-corrected chi connectivity index (χ2v) is 7.67. The third-order valence-electron chi connectivity index (χ3n) is 3.57. The number of alkyl halides is 7. The van der Waals surface area contributed by atoms with Crippen LogP contribution in [-0.2, 0) is 38.3 Å². The van der Waals surface area contributed by atoms with E-state index in [0.29, 0.717) is 5.56 Å².